The summed E-state index contributed by atoms with van der Waals surface area (Å²) in [5.41, 5.74) is 0. The molecule has 1 aromatic rings. The molecule has 0 radical (unpaired) electrons. The van der Waals surface area contributed by atoms with Gasteiger partial charge in [0, 0.05) is 32.3 Å². The van der Waals surface area contributed by atoms with Gasteiger partial charge in [0.25, 0.3) is 0 Å². The maximum Gasteiger partial charge on any atom is 0.158 e. The van der Waals surface area contributed by atoms with Crippen molar-refractivity contribution >= 4 is 11.6 Å². The normalized spacial score (nSPS) is 16.2. The van der Waals surface area contributed by atoms with Crippen molar-refractivity contribution in [3.8, 4) is 0 Å². The van der Waals surface area contributed by atoms with Crippen LogP contribution in [0.5, 0.6) is 0 Å². The van der Waals surface area contributed by atoms with Crippen molar-refractivity contribution in [3.05, 3.63) is 11.9 Å². The molecule has 1 saturated heterocycles. The lowest BCUT2D eigenvalue weighted by Crippen LogP contribution is -2.34. The van der Waals surface area contributed by atoms with Gasteiger partial charge in [0.05, 0.1) is 0 Å². The maximum atomic E-state index is 5.46. The molecule has 0 aromatic carbocycles. The van der Waals surface area contributed by atoms with Gasteiger partial charge in [-0.3, -0.25) is 0 Å². The van der Waals surface area contributed by atoms with E-state index in [9.17, 15) is 0 Å². The molecule has 1 fully saturated rings. The standard InChI is InChI=1S/C16H28N4O/c1-4-13-7-9-20(10-8-13)16-11-14(17-5-2)18-15(19-16)12-21-6-3/h11,13H,4-10,12H2,1-3H3,(H,17,18,19). The van der Waals surface area contributed by atoms with Crippen LogP contribution < -0.4 is 10.2 Å². The highest BCUT2D eigenvalue weighted by Crippen LogP contribution is 2.25. The summed E-state index contributed by atoms with van der Waals surface area (Å²) in [7, 11) is 0. The number of aromatic nitrogens is 2. The fourth-order valence-electron chi connectivity index (χ4n) is 2.74. The molecule has 118 valence electrons. The minimum absolute atomic E-state index is 0.480. The van der Waals surface area contributed by atoms with Gasteiger partial charge in [0.15, 0.2) is 5.82 Å². The Morgan fingerprint density at radius 3 is 2.62 bits per heavy atom. The molecule has 1 N–H and O–H groups in total. The van der Waals surface area contributed by atoms with Gasteiger partial charge in [-0.05, 0) is 32.6 Å². The Morgan fingerprint density at radius 1 is 1.24 bits per heavy atom. The summed E-state index contributed by atoms with van der Waals surface area (Å²) in [5, 5.41) is 3.29. The summed E-state index contributed by atoms with van der Waals surface area (Å²) < 4.78 is 5.46. The van der Waals surface area contributed by atoms with Crippen LogP contribution in [-0.2, 0) is 11.3 Å². The number of anilines is 2. The van der Waals surface area contributed by atoms with Crippen LogP contribution in [0.1, 0.15) is 45.9 Å². The molecule has 0 bridgehead atoms. The smallest absolute Gasteiger partial charge is 0.158 e. The molecule has 2 rings (SSSR count). The lowest BCUT2D eigenvalue weighted by atomic mass is 9.94. The first-order valence-electron chi connectivity index (χ1n) is 8.21. The molecule has 21 heavy (non-hydrogen) atoms. The van der Waals surface area contributed by atoms with E-state index in [0.717, 1.165) is 43.0 Å². The molecule has 0 unspecified atom stereocenters. The zero-order valence-corrected chi connectivity index (χ0v) is 13.6. The Morgan fingerprint density at radius 2 is 2.00 bits per heavy atom. The molecular formula is C16H28N4O. The van der Waals surface area contributed by atoms with Gasteiger partial charge in [-0.25, -0.2) is 9.97 Å². The first-order valence-corrected chi connectivity index (χ1v) is 8.21. The third-order valence-electron chi connectivity index (χ3n) is 4.07. The van der Waals surface area contributed by atoms with E-state index in [1.807, 2.05) is 6.92 Å². The highest BCUT2D eigenvalue weighted by molar-refractivity contribution is 5.49. The third-order valence-corrected chi connectivity index (χ3v) is 4.07. The van der Waals surface area contributed by atoms with Gasteiger partial charge in [-0.15, -0.1) is 0 Å². The van der Waals surface area contributed by atoms with Crippen LogP contribution in [0.15, 0.2) is 6.07 Å². The SMILES string of the molecule is CCNc1cc(N2CCC(CC)CC2)nc(COCC)n1. The predicted octanol–water partition coefficient (Wildman–Crippen LogP) is 3.07. The van der Waals surface area contributed by atoms with E-state index in [1.165, 1.54) is 19.3 Å². The van der Waals surface area contributed by atoms with Gasteiger partial charge in [0.1, 0.15) is 18.2 Å². The molecule has 0 spiro atoms. The number of rotatable bonds is 7. The summed E-state index contributed by atoms with van der Waals surface area (Å²) in [4.78, 5) is 11.6. The molecule has 0 atom stereocenters. The van der Waals surface area contributed by atoms with E-state index < -0.39 is 0 Å². The molecule has 1 aliphatic rings. The second-order valence-electron chi connectivity index (χ2n) is 5.53. The topological polar surface area (TPSA) is 50.3 Å². The van der Waals surface area contributed by atoms with E-state index in [1.54, 1.807) is 0 Å². The van der Waals surface area contributed by atoms with Gasteiger partial charge in [-0.1, -0.05) is 13.3 Å². The van der Waals surface area contributed by atoms with E-state index in [4.69, 9.17) is 4.74 Å². The van der Waals surface area contributed by atoms with Crippen molar-refractivity contribution in [1.29, 1.82) is 0 Å². The Balaban J connectivity index is 2.11. The molecule has 1 aliphatic heterocycles. The highest BCUT2D eigenvalue weighted by Gasteiger charge is 2.20. The van der Waals surface area contributed by atoms with Crippen molar-refractivity contribution in [2.75, 3.05) is 36.5 Å². The van der Waals surface area contributed by atoms with Crippen molar-refractivity contribution < 1.29 is 4.74 Å². The Labute approximate surface area is 128 Å². The zero-order chi connectivity index (χ0) is 15.1. The van der Waals surface area contributed by atoms with Crippen LogP contribution in [0.2, 0.25) is 0 Å². The summed E-state index contributed by atoms with van der Waals surface area (Å²) in [6.45, 7) is 10.6. The van der Waals surface area contributed by atoms with E-state index in [-0.39, 0.29) is 0 Å². The second-order valence-corrected chi connectivity index (χ2v) is 5.53. The number of hydrogen-bond acceptors (Lipinski definition) is 5. The number of piperidine rings is 1. The van der Waals surface area contributed by atoms with E-state index in [0.29, 0.717) is 13.2 Å². The molecule has 5 heteroatoms. The summed E-state index contributed by atoms with van der Waals surface area (Å²) in [6, 6.07) is 2.06. The fourth-order valence-corrected chi connectivity index (χ4v) is 2.74. The Kier molecular flexibility index (Phi) is 6.23. The number of hydrogen-bond donors (Lipinski definition) is 1. The Bertz CT molecular complexity index is 430. The molecule has 0 saturated carbocycles. The molecule has 0 aliphatic carbocycles. The third kappa shape index (κ3) is 4.56. The van der Waals surface area contributed by atoms with Crippen LogP contribution >= 0.6 is 0 Å². The monoisotopic (exact) mass is 292 g/mol. The minimum Gasteiger partial charge on any atom is -0.374 e. The van der Waals surface area contributed by atoms with E-state index in [2.05, 4.69) is 40.1 Å². The van der Waals surface area contributed by atoms with Crippen molar-refractivity contribution in [2.24, 2.45) is 5.92 Å². The molecule has 2 heterocycles. The van der Waals surface area contributed by atoms with Gasteiger partial charge >= 0.3 is 0 Å². The first-order chi connectivity index (χ1) is 10.3. The van der Waals surface area contributed by atoms with Crippen molar-refractivity contribution in [2.45, 2.75) is 46.6 Å². The van der Waals surface area contributed by atoms with Crippen LogP contribution in [0.4, 0.5) is 11.6 Å². The molecular weight excluding hydrogens is 264 g/mol. The lowest BCUT2D eigenvalue weighted by Gasteiger charge is -2.32. The van der Waals surface area contributed by atoms with Crippen LogP contribution in [0.3, 0.4) is 0 Å². The van der Waals surface area contributed by atoms with Crippen molar-refractivity contribution in [1.82, 2.24) is 9.97 Å². The van der Waals surface area contributed by atoms with Gasteiger partial charge in [0.2, 0.25) is 0 Å². The van der Waals surface area contributed by atoms with Crippen LogP contribution in [0.25, 0.3) is 0 Å². The van der Waals surface area contributed by atoms with Crippen LogP contribution in [0, 0.1) is 5.92 Å². The molecule has 0 amide bonds. The zero-order valence-electron chi connectivity index (χ0n) is 13.6. The van der Waals surface area contributed by atoms with Crippen molar-refractivity contribution in [3.63, 3.8) is 0 Å². The highest BCUT2D eigenvalue weighted by atomic mass is 16.5. The summed E-state index contributed by atoms with van der Waals surface area (Å²) in [6.07, 6.45) is 3.81. The number of nitrogens with one attached hydrogen (secondary N) is 1. The molecule has 5 nitrogen and oxygen atoms in total. The van der Waals surface area contributed by atoms with Crippen LogP contribution in [-0.4, -0.2) is 36.2 Å². The Hall–Kier alpha value is -1.36. The van der Waals surface area contributed by atoms with E-state index >= 15 is 0 Å². The summed E-state index contributed by atoms with van der Waals surface area (Å²) in [5.74, 6) is 3.57. The maximum absolute atomic E-state index is 5.46. The first kappa shape index (κ1) is 16.0. The average Bonchev–Trinajstić information content (AvgIpc) is 2.53. The number of ether oxygens (including phenoxy) is 1. The minimum atomic E-state index is 0.480. The predicted molar refractivity (Wildman–Crippen MR) is 86.8 cm³/mol. The lowest BCUT2D eigenvalue weighted by molar-refractivity contribution is 0.128. The fraction of sp³-hybridized carbons (Fsp3) is 0.750. The quantitative estimate of drug-likeness (QED) is 0.837. The van der Waals surface area contributed by atoms with Gasteiger partial charge < -0.3 is 15.0 Å². The largest absolute Gasteiger partial charge is 0.374 e. The van der Waals surface area contributed by atoms with Gasteiger partial charge in [-0.2, -0.15) is 0 Å². The summed E-state index contributed by atoms with van der Waals surface area (Å²) >= 11 is 0. The second kappa shape index (κ2) is 8.17. The average molecular weight is 292 g/mol. The molecule has 1 aromatic heterocycles. The number of nitrogens with zero attached hydrogens (tertiary/aromatic N) is 3.